The smallest absolute Gasteiger partial charge is 0.0860 e. The topological polar surface area (TPSA) is 49.7 Å². The van der Waals surface area contributed by atoms with Crippen LogP contribution in [0, 0.1) is 50.7 Å². The van der Waals surface area contributed by atoms with Gasteiger partial charge in [0.1, 0.15) is 0 Å². The van der Waals surface area contributed by atoms with Crippen LogP contribution in [0.15, 0.2) is 0 Å². The molecule has 2 N–H and O–H groups in total. The van der Waals surface area contributed by atoms with Crippen molar-refractivity contribution in [3.8, 4) is 0 Å². The summed E-state index contributed by atoms with van der Waals surface area (Å²) in [5, 5.41) is 21.7. The van der Waals surface area contributed by atoms with E-state index in [9.17, 15) is 10.2 Å². The van der Waals surface area contributed by atoms with Crippen LogP contribution in [0.1, 0.15) is 113 Å². The summed E-state index contributed by atoms with van der Waals surface area (Å²) in [5.41, 5.74) is 0.971. The van der Waals surface area contributed by atoms with Crippen molar-refractivity contribution in [2.45, 2.75) is 137 Å². The molecule has 3 heteroatoms. The maximum Gasteiger partial charge on any atom is 0.0860 e. The molecular weight excluding hydrogens is 408 g/mol. The van der Waals surface area contributed by atoms with Crippen LogP contribution >= 0.6 is 0 Å². The summed E-state index contributed by atoms with van der Waals surface area (Å²) < 4.78 is 6.89. The molecule has 1 saturated heterocycles. The number of aliphatic hydroxyl groups excluding tert-OH is 1. The van der Waals surface area contributed by atoms with Crippen molar-refractivity contribution in [3.05, 3.63) is 0 Å². The lowest BCUT2D eigenvalue weighted by Crippen LogP contribution is -2.57. The molecule has 6 aliphatic rings. The average molecular weight is 459 g/mol. The molecule has 2 unspecified atom stereocenters. The first-order valence-electron chi connectivity index (χ1n) is 14.3. The summed E-state index contributed by atoms with van der Waals surface area (Å²) in [5.74, 6) is 2.77. The van der Waals surface area contributed by atoms with Crippen LogP contribution in [0.2, 0.25) is 0 Å². The van der Waals surface area contributed by atoms with E-state index in [1.165, 1.54) is 51.4 Å². The Morgan fingerprint density at radius 3 is 2.18 bits per heavy atom. The molecule has 6 rings (SSSR count). The highest BCUT2D eigenvalue weighted by Crippen LogP contribution is 2.89. The normalized spacial score (nSPS) is 59.4. The first kappa shape index (κ1) is 23.3. The largest absolute Gasteiger partial charge is 0.393 e. The van der Waals surface area contributed by atoms with Gasteiger partial charge in [-0.1, -0.05) is 34.6 Å². The Bertz CT molecular complexity index is 829. The fourth-order valence-electron chi connectivity index (χ4n) is 11.9. The molecule has 5 saturated carbocycles. The maximum absolute atomic E-state index is 10.9. The lowest BCUT2D eigenvalue weighted by molar-refractivity contribution is -0.161. The Labute approximate surface area is 202 Å². The van der Waals surface area contributed by atoms with E-state index in [1.807, 2.05) is 13.8 Å². The predicted octanol–water partition coefficient (Wildman–Crippen LogP) is 6.35. The third-order valence-corrected chi connectivity index (χ3v) is 13.7. The van der Waals surface area contributed by atoms with E-state index in [-0.39, 0.29) is 17.6 Å². The van der Waals surface area contributed by atoms with E-state index in [1.54, 1.807) is 0 Å². The molecule has 3 nitrogen and oxygen atoms in total. The monoisotopic (exact) mass is 458 g/mol. The lowest BCUT2D eigenvalue weighted by Gasteiger charge is -2.63. The fraction of sp³-hybridized carbons (Fsp3) is 1.00. The second-order valence-corrected chi connectivity index (χ2v) is 15.5. The SMILES string of the molecule is C[C@@H]1CC[C@H](C(C)(C)O)OC2C[C@@]3(C)[C@@H]4CC[C@H]5C(C)(C)[C@@H](O)CC[C@@]56C[C@@]46CC[C@]3(C)C21. The van der Waals surface area contributed by atoms with Gasteiger partial charge in [0.25, 0.3) is 0 Å². The van der Waals surface area contributed by atoms with Gasteiger partial charge in [-0.05, 0) is 129 Å². The van der Waals surface area contributed by atoms with E-state index in [0.29, 0.717) is 45.5 Å². The molecule has 1 heterocycles. The number of rotatable bonds is 1. The van der Waals surface area contributed by atoms with Crippen molar-refractivity contribution in [3.63, 3.8) is 0 Å². The Morgan fingerprint density at radius 2 is 1.48 bits per heavy atom. The van der Waals surface area contributed by atoms with E-state index in [0.717, 1.165) is 18.8 Å². The Balaban J connectivity index is 1.36. The molecule has 0 amide bonds. The van der Waals surface area contributed by atoms with Gasteiger partial charge in [0, 0.05) is 0 Å². The van der Waals surface area contributed by atoms with Crippen molar-refractivity contribution in [1.29, 1.82) is 0 Å². The van der Waals surface area contributed by atoms with Crippen molar-refractivity contribution < 1.29 is 14.9 Å². The average Bonchev–Trinajstić information content (AvgIpc) is 3.35. The molecule has 188 valence electrons. The molecule has 2 spiro atoms. The lowest BCUT2D eigenvalue weighted by atomic mass is 9.41. The molecule has 0 aromatic heterocycles. The highest BCUT2D eigenvalue weighted by Gasteiger charge is 2.83. The van der Waals surface area contributed by atoms with Gasteiger partial charge in [-0.3, -0.25) is 0 Å². The van der Waals surface area contributed by atoms with Gasteiger partial charge in [-0.25, -0.2) is 0 Å². The standard InChI is InChI=1S/C30H50O3/c1-18-8-11-23(26(4,5)32)33-19-16-28(7)21-10-9-20-25(2,3)22(31)12-13-29(20)17-30(21,29)15-14-27(28,6)24(18)19/h18-24,31-32H,8-17H2,1-7H3/t18-,19?,20+,21+,22+,23-,24?,27-,28+,29-,30+/m1/s1. The molecule has 6 fully saturated rings. The van der Waals surface area contributed by atoms with Gasteiger partial charge in [0.05, 0.1) is 23.9 Å². The summed E-state index contributed by atoms with van der Waals surface area (Å²) >= 11 is 0. The van der Waals surface area contributed by atoms with Crippen molar-refractivity contribution in [2.24, 2.45) is 50.7 Å². The van der Waals surface area contributed by atoms with Crippen LogP contribution in [0.4, 0.5) is 0 Å². The minimum Gasteiger partial charge on any atom is -0.393 e. The molecule has 0 aromatic carbocycles. The number of ether oxygens (including phenoxy) is 1. The van der Waals surface area contributed by atoms with Gasteiger partial charge in [0.2, 0.25) is 0 Å². The van der Waals surface area contributed by atoms with Gasteiger partial charge in [0.15, 0.2) is 0 Å². The highest BCUT2D eigenvalue weighted by molar-refractivity contribution is 5.31. The number of hydrogen-bond donors (Lipinski definition) is 2. The van der Waals surface area contributed by atoms with Gasteiger partial charge in [-0.15, -0.1) is 0 Å². The summed E-state index contributed by atoms with van der Waals surface area (Å²) in [6.45, 7) is 16.4. The van der Waals surface area contributed by atoms with Crippen LogP contribution in [0.3, 0.4) is 0 Å². The molecule has 0 aromatic rings. The van der Waals surface area contributed by atoms with Crippen LogP contribution in [-0.2, 0) is 4.74 Å². The first-order valence-corrected chi connectivity index (χ1v) is 14.3. The summed E-state index contributed by atoms with van der Waals surface area (Å²) in [6, 6.07) is 0. The van der Waals surface area contributed by atoms with Crippen LogP contribution < -0.4 is 0 Å². The summed E-state index contributed by atoms with van der Waals surface area (Å²) in [4.78, 5) is 0. The van der Waals surface area contributed by atoms with E-state index >= 15 is 0 Å². The third-order valence-electron chi connectivity index (χ3n) is 13.7. The number of hydrogen-bond acceptors (Lipinski definition) is 3. The highest BCUT2D eigenvalue weighted by atomic mass is 16.5. The van der Waals surface area contributed by atoms with Gasteiger partial charge in [-0.2, -0.15) is 0 Å². The first-order chi connectivity index (χ1) is 15.2. The zero-order valence-corrected chi connectivity index (χ0v) is 22.4. The van der Waals surface area contributed by atoms with Gasteiger partial charge < -0.3 is 14.9 Å². The quantitative estimate of drug-likeness (QED) is 0.481. The molecule has 0 bridgehead atoms. The number of aliphatic hydroxyl groups is 2. The minimum atomic E-state index is -0.765. The second-order valence-electron chi connectivity index (χ2n) is 15.5. The zero-order chi connectivity index (χ0) is 23.8. The van der Waals surface area contributed by atoms with E-state index in [2.05, 4.69) is 34.6 Å². The Hall–Kier alpha value is -0.120. The zero-order valence-electron chi connectivity index (χ0n) is 22.4. The van der Waals surface area contributed by atoms with E-state index in [4.69, 9.17) is 4.74 Å². The molecule has 11 atom stereocenters. The summed E-state index contributed by atoms with van der Waals surface area (Å²) in [6.07, 6.45) is 12.6. The maximum atomic E-state index is 10.9. The second kappa shape index (κ2) is 6.60. The molecule has 1 aliphatic heterocycles. The van der Waals surface area contributed by atoms with Crippen molar-refractivity contribution in [2.75, 3.05) is 0 Å². The molecule has 0 radical (unpaired) electrons. The molecule has 33 heavy (non-hydrogen) atoms. The minimum absolute atomic E-state index is 0.0418. The Kier molecular flexibility index (Phi) is 4.66. The van der Waals surface area contributed by atoms with Crippen LogP contribution in [0.25, 0.3) is 0 Å². The van der Waals surface area contributed by atoms with Crippen LogP contribution in [0.5, 0.6) is 0 Å². The van der Waals surface area contributed by atoms with E-state index < -0.39 is 5.60 Å². The number of fused-ring (bicyclic) bond motifs is 4. The molecular formula is C30H50O3. The van der Waals surface area contributed by atoms with Crippen molar-refractivity contribution in [1.82, 2.24) is 0 Å². The summed E-state index contributed by atoms with van der Waals surface area (Å²) in [7, 11) is 0. The van der Waals surface area contributed by atoms with Crippen molar-refractivity contribution >= 4 is 0 Å². The van der Waals surface area contributed by atoms with Crippen LogP contribution in [-0.4, -0.2) is 34.1 Å². The predicted molar refractivity (Wildman–Crippen MR) is 132 cm³/mol. The Morgan fingerprint density at radius 1 is 0.818 bits per heavy atom. The fourth-order valence-corrected chi connectivity index (χ4v) is 11.9. The molecule has 5 aliphatic carbocycles. The van der Waals surface area contributed by atoms with Gasteiger partial charge >= 0.3 is 0 Å². The third kappa shape index (κ3) is 2.64.